The number of aromatic hydroxyl groups is 1. The number of amides is 1. The van der Waals surface area contributed by atoms with Gasteiger partial charge in [0.05, 0.1) is 5.56 Å². The molecule has 21 heavy (non-hydrogen) atoms. The number of rotatable bonds is 1. The number of fused-ring (bicyclic) bond motifs is 1. The zero-order valence-corrected chi connectivity index (χ0v) is 14.9. The van der Waals surface area contributed by atoms with Gasteiger partial charge < -0.3 is 10.0 Å². The van der Waals surface area contributed by atoms with Gasteiger partial charge in [0.25, 0.3) is 5.91 Å². The van der Waals surface area contributed by atoms with Crippen LogP contribution in [0.5, 0.6) is 5.75 Å². The van der Waals surface area contributed by atoms with Gasteiger partial charge in [0.1, 0.15) is 5.75 Å². The summed E-state index contributed by atoms with van der Waals surface area (Å²) < 4.78 is 1.85. The summed E-state index contributed by atoms with van der Waals surface area (Å²) in [6, 6.07) is 11.1. The maximum atomic E-state index is 12.7. The van der Waals surface area contributed by atoms with E-state index in [1.54, 1.807) is 12.1 Å². The van der Waals surface area contributed by atoms with Crippen molar-refractivity contribution in [1.29, 1.82) is 0 Å². The molecule has 1 amide bonds. The topological polar surface area (TPSA) is 40.5 Å². The van der Waals surface area contributed by atoms with E-state index >= 15 is 0 Å². The van der Waals surface area contributed by atoms with Gasteiger partial charge in [0, 0.05) is 21.1 Å². The standard InChI is InChI=1S/C16H13BrINO2/c17-15-4-2-12(18)8-14(15)16(21)19-6-5-10-1-3-13(20)7-11(10)9-19/h1-4,7-8,20H,5-6,9H2. The Kier molecular flexibility index (Phi) is 4.21. The summed E-state index contributed by atoms with van der Waals surface area (Å²) in [4.78, 5) is 14.5. The van der Waals surface area contributed by atoms with Crippen LogP contribution in [0.3, 0.4) is 0 Å². The smallest absolute Gasteiger partial charge is 0.255 e. The van der Waals surface area contributed by atoms with Crippen molar-refractivity contribution in [3.8, 4) is 5.75 Å². The lowest BCUT2D eigenvalue weighted by molar-refractivity contribution is 0.0733. The first-order chi connectivity index (χ1) is 10.0. The molecule has 0 atom stereocenters. The van der Waals surface area contributed by atoms with Gasteiger partial charge in [0.15, 0.2) is 0 Å². The molecule has 0 aromatic heterocycles. The average Bonchev–Trinajstić information content (AvgIpc) is 2.48. The Balaban J connectivity index is 1.88. The van der Waals surface area contributed by atoms with Gasteiger partial charge in [-0.15, -0.1) is 0 Å². The molecule has 1 aliphatic heterocycles. The highest BCUT2D eigenvalue weighted by atomic mass is 127. The Morgan fingerprint density at radius 1 is 1.19 bits per heavy atom. The fourth-order valence-corrected chi connectivity index (χ4v) is 3.46. The molecule has 3 rings (SSSR count). The minimum Gasteiger partial charge on any atom is -0.508 e. The molecule has 1 heterocycles. The number of nitrogens with zero attached hydrogens (tertiary/aromatic N) is 1. The second kappa shape index (κ2) is 5.96. The Labute approximate surface area is 145 Å². The quantitative estimate of drug-likeness (QED) is 0.658. The predicted molar refractivity (Wildman–Crippen MR) is 93.4 cm³/mol. The molecular weight excluding hydrogens is 445 g/mol. The van der Waals surface area contributed by atoms with Crippen molar-refractivity contribution in [3.63, 3.8) is 0 Å². The van der Waals surface area contributed by atoms with Crippen LogP contribution < -0.4 is 0 Å². The summed E-state index contributed by atoms with van der Waals surface area (Å²) in [7, 11) is 0. The minimum atomic E-state index is 0.0226. The first-order valence-electron chi connectivity index (χ1n) is 6.59. The van der Waals surface area contributed by atoms with Crippen molar-refractivity contribution >= 4 is 44.4 Å². The fraction of sp³-hybridized carbons (Fsp3) is 0.188. The van der Waals surface area contributed by atoms with Crippen LogP contribution in [-0.2, 0) is 13.0 Å². The van der Waals surface area contributed by atoms with E-state index in [9.17, 15) is 9.90 Å². The molecule has 0 spiro atoms. The molecule has 2 aromatic carbocycles. The number of phenolic OH excluding ortho intramolecular Hbond substituents is 1. The molecule has 108 valence electrons. The zero-order valence-electron chi connectivity index (χ0n) is 11.1. The molecule has 0 bridgehead atoms. The van der Waals surface area contributed by atoms with Crippen molar-refractivity contribution < 1.29 is 9.90 Å². The van der Waals surface area contributed by atoms with E-state index in [1.807, 2.05) is 29.2 Å². The van der Waals surface area contributed by atoms with Gasteiger partial charge in [-0.1, -0.05) is 6.07 Å². The van der Waals surface area contributed by atoms with Crippen LogP contribution >= 0.6 is 38.5 Å². The van der Waals surface area contributed by atoms with Crippen LogP contribution in [0.1, 0.15) is 21.5 Å². The minimum absolute atomic E-state index is 0.0226. The van der Waals surface area contributed by atoms with E-state index in [0.29, 0.717) is 18.7 Å². The van der Waals surface area contributed by atoms with Crippen molar-refractivity contribution in [3.05, 3.63) is 61.1 Å². The zero-order chi connectivity index (χ0) is 15.0. The molecule has 1 aliphatic rings. The van der Waals surface area contributed by atoms with Gasteiger partial charge in [-0.3, -0.25) is 4.79 Å². The second-order valence-corrected chi connectivity index (χ2v) is 7.15. The number of hydrogen-bond donors (Lipinski definition) is 1. The Hall–Kier alpha value is -1.08. The van der Waals surface area contributed by atoms with Gasteiger partial charge in [-0.25, -0.2) is 0 Å². The van der Waals surface area contributed by atoms with Crippen LogP contribution in [0.2, 0.25) is 0 Å². The van der Waals surface area contributed by atoms with E-state index in [0.717, 1.165) is 20.0 Å². The third-order valence-electron chi connectivity index (χ3n) is 3.65. The van der Waals surface area contributed by atoms with Gasteiger partial charge >= 0.3 is 0 Å². The number of hydrogen-bond acceptors (Lipinski definition) is 2. The number of phenols is 1. The molecule has 0 fully saturated rings. The monoisotopic (exact) mass is 457 g/mol. The maximum absolute atomic E-state index is 12.7. The van der Waals surface area contributed by atoms with Crippen molar-refractivity contribution in [2.24, 2.45) is 0 Å². The summed E-state index contributed by atoms with van der Waals surface area (Å²) in [5.41, 5.74) is 2.92. The summed E-state index contributed by atoms with van der Waals surface area (Å²) in [5.74, 6) is 0.271. The van der Waals surface area contributed by atoms with E-state index in [4.69, 9.17) is 0 Å². The fourth-order valence-electron chi connectivity index (χ4n) is 2.55. The lowest BCUT2D eigenvalue weighted by Gasteiger charge is -2.29. The molecule has 0 saturated heterocycles. The Morgan fingerprint density at radius 2 is 2.00 bits per heavy atom. The number of halogens is 2. The molecule has 0 saturated carbocycles. The molecule has 5 heteroatoms. The predicted octanol–water partition coefficient (Wildman–Crippen LogP) is 3.96. The van der Waals surface area contributed by atoms with E-state index in [2.05, 4.69) is 38.5 Å². The number of carbonyl (C=O) groups excluding carboxylic acids is 1. The first-order valence-corrected chi connectivity index (χ1v) is 8.47. The van der Waals surface area contributed by atoms with Gasteiger partial charge in [0.2, 0.25) is 0 Å². The largest absolute Gasteiger partial charge is 0.508 e. The van der Waals surface area contributed by atoms with Crippen LogP contribution in [0.4, 0.5) is 0 Å². The van der Waals surface area contributed by atoms with E-state index in [1.165, 1.54) is 5.56 Å². The lowest BCUT2D eigenvalue weighted by Crippen LogP contribution is -2.36. The Bertz CT molecular complexity index is 717. The summed E-state index contributed by atoms with van der Waals surface area (Å²) in [6.45, 7) is 1.25. The SMILES string of the molecule is O=C(c1cc(I)ccc1Br)N1CCc2ccc(O)cc2C1. The lowest BCUT2D eigenvalue weighted by atomic mass is 9.99. The molecule has 3 nitrogen and oxygen atoms in total. The highest BCUT2D eigenvalue weighted by Crippen LogP contribution is 2.26. The van der Waals surface area contributed by atoms with Crippen LogP contribution in [0, 0.1) is 3.57 Å². The molecule has 0 aliphatic carbocycles. The third-order valence-corrected chi connectivity index (χ3v) is 5.01. The van der Waals surface area contributed by atoms with Crippen molar-refractivity contribution in [2.75, 3.05) is 6.54 Å². The highest BCUT2D eigenvalue weighted by Gasteiger charge is 2.23. The van der Waals surface area contributed by atoms with Crippen molar-refractivity contribution in [1.82, 2.24) is 4.90 Å². The molecule has 0 radical (unpaired) electrons. The van der Waals surface area contributed by atoms with Crippen LogP contribution in [0.15, 0.2) is 40.9 Å². The van der Waals surface area contributed by atoms with Crippen LogP contribution in [0.25, 0.3) is 0 Å². The third kappa shape index (κ3) is 3.08. The van der Waals surface area contributed by atoms with Gasteiger partial charge in [-0.05, 0) is 86.4 Å². The summed E-state index contributed by atoms with van der Waals surface area (Å²) in [5, 5.41) is 9.60. The molecular formula is C16H13BrINO2. The molecule has 2 aromatic rings. The number of benzene rings is 2. The van der Waals surface area contributed by atoms with E-state index < -0.39 is 0 Å². The maximum Gasteiger partial charge on any atom is 0.255 e. The highest BCUT2D eigenvalue weighted by molar-refractivity contribution is 14.1. The van der Waals surface area contributed by atoms with Crippen LogP contribution in [-0.4, -0.2) is 22.5 Å². The molecule has 0 unspecified atom stereocenters. The average molecular weight is 458 g/mol. The summed E-state index contributed by atoms with van der Waals surface area (Å²) in [6.07, 6.45) is 0.822. The molecule has 1 N–H and O–H groups in total. The van der Waals surface area contributed by atoms with E-state index in [-0.39, 0.29) is 11.7 Å². The van der Waals surface area contributed by atoms with Crippen molar-refractivity contribution in [2.45, 2.75) is 13.0 Å². The Morgan fingerprint density at radius 3 is 2.81 bits per heavy atom. The second-order valence-electron chi connectivity index (χ2n) is 5.05. The normalized spacial score (nSPS) is 13.9. The van der Waals surface area contributed by atoms with Gasteiger partial charge in [-0.2, -0.15) is 0 Å². The number of carbonyl (C=O) groups is 1. The first kappa shape index (κ1) is 14.8. The summed E-state index contributed by atoms with van der Waals surface area (Å²) >= 11 is 5.66.